The summed E-state index contributed by atoms with van der Waals surface area (Å²) in [6.07, 6.45) is 7.07. The Morgan fingerprint density at radius 2 is 2.19 bits per heavy atom. The van der Waals surface area contributed by atoms with Crippen LogP contribution in [0.5, 0.6) is 0 Å². The van der Waals surface area contributed by atoms with E-state index in [1.54, 1.807) is 24.8 Å². The van der Waals surface area contributed by atoms with Crippen LogP contribution in [0.4, 0.5) is 5.69 Å². The number of nitrogen functional groups attached to an aromatic ring is 1. The molecule has 84 valence electrons. The zero-order valence-electron chi connectivity index (χ0n) is 9.38. The van der Waals surface area contributed by atoms with Crippen LogP contribution in [0.1, 0.15) is 17.3 Å². The first-order chi connectivity index (χ1) is 7.74. The van der Waals surface area contributed by atoms with Crippen molar-refractivity contribution in [3.05, 3.63) is 42.2 Å². The highest BCUT2D eigenvalue weighted by atomic mass is 15.1. The lowest BCUT2D eigenvalue weighted by molar-refractivity contribution is 0.638. The molecule has 0 fully saturated rings. The lowest BCUT2D eigenvalue weighted by Crippen LogP contribution is -2.21. The second-order valence-corrected chi connectivity index (χ2v) is 3.66. The summed E-state index contributed by atoms with van der Waals surface area (Å²) in [4.78, 5) is 8.21. The molecule has 2 aromatic rings. The second-order valence-electron chi connectivity index (χ2n) is 3.66. The minimum Gasteiger partial charge on any atom is -0.398 e. The zero-order valence-corrected chi connectivity index (χ0v) is 9.38. The summed E-state index contributed by atoms with van der Waals surface area (Å²) in [5, 5.41) is 3.22. The molecule has 0 amide bonds. The van der Waals surface area contributed by atoms with Gasteiger partial charge in [0, 0.05) is 30.7 Å². The molecule has 2 aromatic heterocycles. The van der Waals surface area contributed by atoms with E-state index in [4.69, 9.17) is 5.73 Å². The second kappa shape index (κ2) is 4.32. The van der Waals surface area contributed by atoms with Crippen LogP contribution in [-0.2, 0) is 7.05 Å². The topological polar surface area (TPSA) is 68.8 Å². The molecular weight excluding hydrogens is 202 g/mol. The van der Waals surface area contributed by atoms with Crippen molar-refractivity contribution in [1.82, 2.24) is 19.9 Å². The summed E-state index contributed by atoms with van der Waals surface area (Å²) in [6.45, 7) is 0. The number of anilines is 1. The molecule has 0 aliphatic carbocycles. The molecule has 0 aromatic carbocycles. The number of rotatable bonds is 3. The molecule has 0 aliphatic rings. The van der Waals surface area contributed by atoms with E-state index >= 15 is 0 Å². The lowest BCUT2D eigenvalue weighted by Gasteiger charge is -2.18. The Kier molecular flexibility index (Phi) is 2.87. The van der Waals surface area contributed by atoms with Crippen LogP contribution >= 0.6 is 0 Å². The molecule has 0 aliphatic heterocycles. The van der Waals surface area contributed by atoms with Gasteiger partial charge in [0.25, 0.3) is 0 Å². The van der Waals surface area contributed by atoms with Crippen molar-refractivity contribution >= 4 is 5.69 Å². The van der Waals surface area contributed by atoms with Crippen molar-refractivity contribution in [2.24, 2.45) is 7.05 Å². The highest BCUT2D eigenvalue weighted by Crippen LogP contribution is 2.24. The van der Waals surface area contributed by atoms with E-state index in [9.17, 15) is 0 Å². The third kappa shape index (κ3) is 1.77. The fourth-order valence-corrected chi connectivity index (χ4v) is 1.77. The lowest BCUT2D eigenvalue weighted by atomic mass is 10.0. The van der Waals surface area contributed by atoms with E-state index < -0.39 is 0 Å². The normalized spacial score (nSPS) is 12.6. The Balaban J connectivity index is 2.45. The van der Waals surface area contributed by atoms with Crippen LogP contribution in [-0.4, -0.2) is 21.6 Å². The third-order valence-corrected chi connectivity index (χ3v) is 2.64. The molecule has 1 unspecified atom stereocenters. The van der Waals surface area contributed by atoms with Gasteiger partial charge < -0.3 is 15.6 Å². The van der Waals surface area contributed by atoms with E-state index in [1.807, 2.05) is 24.9 Å². The Hall–Kier alpha value is -1.88. The van der Waals surface area contributed by atoms with Crippen molar-refractivity contribution < 1.29 is 0 Å². The molecule has 3 N–H and O–H groups in total. The number of nitrogens with one attached hydrogen (secondary N) is 1. The maximum absolute atomic E-state index is 5.94. The monoisotopic (exact) mass is 217 g/mol. The standard InChI is InChI=1S/C11H15N5/c1-13-11(10-6-15-7-16(10)2)8-5-14-4-3-9(8)12/h3-7,11,13H,1-2H3,(H2,12,14). The Labute approximate surface area is 94.3 Å². The Morgan fingerprint density at radius 3 is 2.75 bits per heavy atom. The Bertz CT molecular complexity index is 477. The SMILES string of the molecule is CNC(c1cnccc1N)c1cncn1C. The van der Waals surface area contributed by atoms with Gasteiger partial charge in [-0.3, -0.25) is 4.98 Å². The predicted octanol–water partition coefficient (Wildman–Crippen LogP) is 0.706. The molecule has 0 radical (unpaired) electrons. The van der Waals surface area contributed by atoms with Gasteiger partial charge in [0.2, 0.25) is 0 Å². The van der Waals surface area contributed by atoms with Gasteiger partial charge in [-0.1, -0.05) is 0 Å². The predicted molar refractivity (Wildman–Crippen MR) is 62.8 cm³/mol. The molecule has 2 heterocycles. The van der Waals surface area contributed by atoms with Crippen molar-refractivity contribution in [2.45, 2.75) is 6.04 Å². The minimum absolute atomic E-state index is 0.0150. The van der Waals surface area contributed by atoms with Gasteiger partial charge in [0.05, 0.1) is 24.3 Å². The number of nitrogens with two attached hydrogens (primary N) is 1. The Morgan fingerprint density at radius 1 is 1.38 bits per heavy atom. The number of nitrogens with zero attached hydrogens (tertiary/aromatic N) is 3. The maximum Gasteiger partial charge on any atom is 0.0946 e. The van der Waals surface area contributed by atoms with E-state index in [1.165, 1.54) is 0 Å². The summed E-state index contributed by atoms with van der Waals surface area (Å²) < 4.78 is 1.97. The van der Waals surface area contributed by atoms with Crippen molar-refractivity contribution in [3.8, 4) is 0 Å². The molecule has 0 saturated heterocycles. The molecule has 0 saturated carbocycles. The number of pyridine rings is 1. The van der Waals surface area contributed by atoms with Crippen LogP contribution in [0.2, 0.25) is 0 Å². The molecule has 0 spiro atoms. The molecule has 2 rings (SSSR count). The van der Waals surface area contributed by atoms with Gasteiger partial charge in [-0.05, 0) is 13.1 Å². The van der Waals surface area contributed by atoms with Gasteiger partial charge in [0.15, 0.2) is 0 Å². The average Bonchev–Trinajstić information content (AvgIpc) is 2.69. The van der Waals surface area contributed by atoms with Crippen LogP contribution in [0, 0.1) is 0 Å². The van der Waals surface area contributed by atoms with Crippen LogP contribution in [0.3, 0.4) is 0 Å². The highest BCUT2D eigenvalue weighted by Gasteiger charge is 2.17. The number of hydrogen-bond donors (Lipinski definition) is 2. The summed E-state index contributed by atoms with van der Waals surface area (Å²) in [5.74, 6) is 0. The fourth-order valence-electron chi connectivity index (χ4n) is 1.77. The van der Waals surface area contributed by atoms with Crippen LogP contribution < -0.4 is 11.1 Å². The molecule has 16 heavy (non-hydrogen) atoms. The van der Waals surface area contributed by atoms with Gasteiger partial charge in [-0.15, -0.1) is 0 Å². The van der Waals surface area contributed by atoms with Crippen molar-refractivity contribution in [3.63, 3.8) is 0 Å². The van der Waals surface area contributed by atoms with E-state index in [0.29, 0.717) is 0 Å². The highest BCUT2D eigenvalue weighted by molar-refractivity contribution is 5.48. The quantitative estimate of drug-likeness (QED) is 0.794. The van der Waals surface area contributed by atoms with E-state index in [2.05, 4.69) is 15.3 Å². The fraction of sp³-hybridized carbons (Fsp3) is 0.273. The van der Waals surface area contributed by atoms with Crippen LogP contribution in [0.25, 0.3) is 0 Å². The van der Waals surface area contributed by atoms with Gasteiger partial charge in [-0.2, -0.15) is 0 Å². The first-order valence-corrected chi connectivity index (χ1v) is 5.07. The first kappa shape index (κ1) is 10.6. The van der Waals surface area contributed by atoms with E-state index in [-0.39, 0.29) is 6.04 Å². The minimum atomic E-state index is 0.0150. The van der Waals surface area contributed by atoms with Gasteiger partial charge in [-0.25, -0.2) is 4.98 Å². The largest absolute Gasteiger partial charge is 0.398 e. The molecule has 1 atom stereocenters. The summed E-state index contributed by atoms with van der Waals surface area (Å²) in [6, 6.07) is 1.82. The van der Waals surface area contributed by atoms with E-state index in [0.717, 1.165) is 16.9 Å². The van der Waals surface area contributed by atoms with Crippen molar-refractivity contribution in [1.29, 1.82) is 0 Å². The molecule has 0 bridgehead atoms. The number of imidazole rings is 1. The molecule has 5 nitrogen and oxygen atoms in total. The third-order valence-electron chi connectivity index (χ3n) is 2.64. The number of hydrogen-bond acceptors (Lipinski definition) is 4. The van der Waals surface area contributed by atoms with Crippen LogP contribution in [0.15, 0.2) is 31.0 Å². The average molecular weight is 217 g/mol. The van der Waals surface area contributed by atoms with Crippen molar-refractivity contribution in [2.75, 3.05) is 12.8 Å². The van der Waals surface area contributed by atoms with Gasteiger partial charge >= 0.3 is 0 Å². The molecular formula is C11H15N5. The smallest absolute Gasteiger partial charge is 0.0946 e. The number of aromatic nitrogens is 3. The summed E-state index contributed by atoms with van der Waals surface area (Å²) in [5.41, 5.74) is 8.70. The maximum atomic E-state index is 5.94. The molecule has 5 heteroatoms. The summed E-state index contributed by atoms with van der Waals surface area (Å²) >= 11 is 0. The zero-order chi connectivity index (χ0) is 11.5. The first-order valence-electron chi connectivity index (χ1n) is 5.07. The summed E-state index contributed by atoms with van der Waals surface area (Å²) in [7, 11) is 3.85. The number of aryl methyl sites for hydroxylation is 1. The van der Waals surface area contributed by atoms with Gasteiger partial charge in [0.1, 0.15) is 0 Å².